The zero-order chi connectivity index (χ0) is 9.68. The molecular formula is C11H18O2. The van der Waals surface area contributed by atoms with E-state index in [1.165, 1.54) is 18.4 Å². The molecule has 0 aliphatic heterocycles. The minimum atomic E-state index is -0.0982. The predicted octanol–water partition coefficient (Wildman–Crippen LogP) is 2.83. The van der Waals surface area contributed by atoms with E-state index in [2.05, 4.69) is 6.08 Å². The minimum absolute atomic E-state index is 0.00671. The molecule has 0 heterocycles. The highest BCUT2D eigenvalue weighted by molar-refractivity contribution is 5.69. The van der Waals surface area contributed by atoms with Gasteiger partial charge in [-0.1, -0.05) is 13.0 Å². The Balaban J connectivity index is 2.41. The average molecular weight is 182 g/mol. The molecule has 0 amide bonds. The SMILES string of the molecule is CCC(=O)O[C@H](C)C1=CCCCC1. The molecule has 74 valence electrons. The van der Waals surface area contributed by atoms with Crippen LogP contribution in [0.3, 0.4) is 0 Å². The van der Waals surface area contributed by atoms with Crippen LogP contribution >= 0.6 is 0 Å². The van der Waals surface area contributed by atoms with Gasteiger partial charge in [0.25, 0.3) is 0 Å². The summed E-state index contributed by atoms with van der Waals surface area (Å²) in [6.07, 6.45) is 7.43. The van der Waals surface area contributed by atoms with Crippen molar-refractivity contribution in [2.75, 3.05) is 0 Å². The van der Waals surface area contributed by atoms with Gasteiger partial charge in [-0.2, -0.15) is 0 Å². The highest BCUT2D eigenvalue weighted by Gasteiger charge is 2.14. The number of rotatable bonds is 3. The predicted molar refractivity (Wildman–Crippen MR) is 52.4 cm³/mol. The van der Waals surface area contributed by atoms with Crippen molar-refractivity contribution in [2.24, 2.45) is 0 Å². The van der Waals surface area contributed by atoms with Crippen LogP contribution in [0.2, 0.25) is 0 Å². The fourth-order valence-electron chi connectivity index (χ4n) is 1.59. The number of ether oxygens (including phenoxy) is 1. The standard InChI is InChI=1S/C11H18O2/c1-3-11(12)13-9(2)10-7-5-4-6-8-10/h7,9H,3-6,8H2,1-2H3/t9-/m1/s1. The first-order valence-corrected chi connectivity index (χ1v) is 5.12. The van der Waals surface area contributed by atoms with Crippen LogP contribution in [-0.4, -0.2) is 12.1 Å². The molecule has 2 heteroatoms. The van der Waals surface area contributed by atoms with Crippen LogP contribution in [0.25, 0.3) is 0 Å². The molecule has 0 radical (unpaired) electrons. The van der Waals surface area contributed by atoms with E-state index in [-0.39, 0.29) is 12.1 Å². The van der Waals surface area contributed by atoms with Crippen LogP contribution in [0.1, 0.15) is 46.0 Å². The van der Waals surface area contributed by atoms with Gasteiger partial charge in [0, 0.05) is 6.42 Å². The quantitative estimate of drug-likeness (QED) is 0.495. The third-order valence-corrected chi connectivity index (χ3v) is 2.45. The summed E-state index contributed by atoms with van der Waals surface area (Å²) in [7, 11) is 0. The first kappa shape index (κ1) is 10.3. The zero-order valence-corrected chi connectivity index (χ0v) is 8.51. The van der Waals surface area contributed by atoms with Gasteiger partial charge in [0.15, 0.2) is 0 Å². The Morgan fingerprint density at radius 1 is 1.62 bits per heavy atom. The van der Waals surface area contributed by atoms with Gasteiger partial charge in [0.2, 0.25) is 0 Å². The average Bonchev–Trinajstić information content (AvgIpc) is 2.19. The fraction of sp³-hybridized carbons (Fsp3) is 0.727. The summed E-state index contributed by atoms with van der Waals surface area (Å²) in [6, 6.07) is 0. The molecule has 1 aliphatic carbocycles. The Labute approximate surface area is 80.0 Å². The van der Waals surface area contributed by atoms with Crippen molar-refractivity contribution in [3.8, 4) is 0 Å². The molecule has 0 fully saturated rings. The molecule has 0 aromatic carbocycles. The summed E-state index contributed by atoms with van der Waals surface area (Å²) in [5, 5.41) is 0. The second kappa shape index (κ2) is 5.05. The highest BCUT2D eigenvalue weighted by Crippen LogP contribution is 2.21. The first-order valence-electron chi connectivity index (χ1n) is 5.12. The summed E-state index contributed by atoms with van der Waals surface area (Å²) >= 11 is 0. The van der Waals surface area contributed by atoms with E-state index >= 15 is 0 Å². The van der Waals surface area contributed by atoms with Crippen LogP contribution in [0.4, 0.5) is 0 Å². The molecule has 0 bridgehead atoms. The van der Waals surface area contributed by atoms with E-state index in [9.17, 15) is 4.79 Å². The van der Waals surface area contributed by atoms with Gasteiger partial charge in [-0.3, -0.25) is 4.79 Å². The van der Waals surface area contributed by atoms with Crippen molar-refractivity contribution in [1.82, 2.24) is 0 Å². The topological polar surface area (TPSA) is 26.3 Å². The Bertz CT molecular complexity index is 206. The summed E-state index contributed by atoms with van der Waals surface area (Å²) in [5.41, 5.74) is 1.30. The molecule has 2 nitrogen and oxygen atoms in total. The third-order valence-electron chi connectivity index (χ3n) is 2.45. The monoisotopic (exact) mass is 182 g/mol. The van der Waals surface area contributed by atoms with Crippen molar-refractivity contribution >= 4 is 5.97 Å². The maximum absolute atomic E-state index is 11.0. The lowest BCUT2D eigenvalue weighted by Gasteiger charge is -2.19. The molecule has 1 atom stereocenters. The number of carbonyl (C=O) groups is 1. The number of carbonyl (C=O) groups excluding carboxylic acids is 1. The number of esters is 1. The van der Waals surface area contributed by atoms with Crippen LogP contribution < -0.4 is 0 Å². The Hall–Kier alpha value is -0.790. The largest absolute Gasteiger partial charge is 0.458 e. The maximum atomic E-state index is 11.0. The summed E-state index contributed by atoms with van der Waals surface area (Å²) < 4.78 is 5.23. The van der Waals surface area contributed by atoms with E-state index in [0.29, 0.717) is 6.42 Å². The highest BCUT2D eigenvalue weighted by atomic mass is 16.5. The maximum Gasteiger partial charge on any atom is 0.306 e. The van der Waals surface area contributed by atoms with Gasteiger partial charge in [-0.15, -0.1) is 0 Å². The second-order valence-electron chi connectivity index (χ2n) is 3.51. The number of hydrogen-bond acceptors (Lipinski definition) is 2. The normalized spacial score (nSPS) is 19.1. The van der Waals surface area contributed by atoms with Crippen molar-refractivity contribution in [3.05, 3.63) is 11.6 Å². The molecule has 0 unspecified atom stereocenters. The smallest absolute Gasteiger partial charge is 0.306 e. The van der Waals surface area contributed by atoms with Gasteiger partial charge in [-0.05, 0) is 38.2 Å². The lowest BCUT2D eigenvalue weighted by molar-refractivity contribution is -0.146. The van der Waals surface area contributed by atoms with E-state index in [0.717, 1.165) is 12.8 Å². The van der Waals surface area contributed by atoms with Crippen LogP contribution in [0.5, 0.6) is 0 Å². The molecular weight excluding hydrogens is 164 g/mol. The van der Waals surface area contributed by atoms with Crippen molar-refractivity contribution in [2.45, 2.75) is 52.1 Å². The van der Waals surface area contributed by atoms with Crippen molar-refractivity contribution in [3.63, 3.8) is 0 Å². The van der Waals surface area contributed by atoms with Gasteiger partial charge in [0.1, 0.15) is 6.10 Å². The molecule has 0 aromatic heterocycles. The molecule has 0 saturated heterocycles. The Morgan fingerprint density at radius 2 is 2.38 bits per heavy atom. The van der Waals surface area contributed by atoms with Gasteiger partial charge < -0.3 is 4.74 Å². The lowest BCUT2D eigenvalue weighted by Crippen LogP contribution is -2.17. The Kier molecular flexibility index (Phi) is 4.00. The van der Waals surface area contributed by atoms with E-state index in [4.69, 9.17) is 4.74 Å². The first-order chi connectivity index (χ1) is 6.24. The third kappa shape index (κ3) is 3.21. The van der Waals surface area contributed by atoms with Gasteiger partial charge in [-0.25, -0.2) is 0 Å². The molecule has 1 rings (SSSR count). The fourth-order valence-corrected chi connectivity index (χ4v) is 1.59. The minimum Gasteiger partial charge on any atom is -0.458 e. The van der Waals surface area contributed by atoms with E-state index in [1.54, 1.807) is 0 Å². The molecule has 0 N–H and O–H groups in total. The molecule has 0 spiro atoms. The second-order valence-corrected chi connectivity index (χ2v) is 3.51. The van der Waals surface area contributed by atoms with Gasteiger partial charge >= 0.3 is 5.97 Å². The van der Waals surface area contributed by atoms with Gasteiger partial charge in [0.05, 0.1) is 0 Å². The molecule has 0 saturated carbocycles. The van der Waals surface area contributed by atoms with Crippen LogP contribution in [0.15, 0.2) is 11.6 Å². The van der Waals surface area contributed by atoms with Crippen molar-refractivity contribution in [1.29, 1.82) is 0 Å². The molecule has 0 aromatic rings. The summed E-state index contributed by atoms with van der Waals surface area (Å²) in [4.78, 5) is 11.0. The molecule has 13 heavy (non-hydrogen) atoms. The van der Waals surface area contributed by atoms with E-state index in [1.807, 2.05) is 13.8 Å². The summed E-state index contributed by atoms with van der Waals surface area (Å²) in [6.45, 7) is 3.79. The molecule has 1 aliphatic rings. The Morgan fingerprint density at radius 3 is 2.92 bits per heavy atom. The van der Waals surface area contributed by atoms with Crippen LogP contribution in [0, 0.1) is 0 Å². The zero-order valence-electron chi connectivity index (χ0n) is 8.51. The summed E-state index contributed by atoms with van der Waals surface area (Å²) in [5.74, 6) is -0.0982. The van der Waals surface area contributed by atoms with Crippen LogP contribution in [-0.2, 0) is 9.53 Å². The van der Waals surface area contributed by atoms with E-state index < -0.39 is 0 Å². The van der Waals surface area contributed by atoms with Crippen molar-refractivity contribution < 1.29 is 9.53 Å². The number of hydrogen-bond donors (Lipinski definition) is 0. The lowest BCUT2D eigenvalue weighted by atomic mass is 9.96. The number of allylic oxidation sites excluding steroid dienone is 1.